The van der Waals surface area contributed by atoms with Gasteiger partial charge in [0.2, 0.25) is 6.41 Å². The topological polar surface area (TPSA) is 77.6 Å². The molecule has 7 nitrogen and oxygen atoms in total. The standard InChI is InChI=1S/C14H21N5O2/c1-11(2)16-14(21)17-12-3-4-13(15-9-12)19-7-5-18(10-20)6-8-19/h3-4,9-11H,5-8H2,1-2H3,(H2,16,17,21). The Bertz CT molecular complexity index is 481. The number of urea groups is 1. The third-order valence-corrected chi connectivity index (χ3v) is 3.21. The summed E-state index contributed by atoms with van der Waals surface area (Å²) in [5, 5.41) is 5.49. The summed E-state index contributed by atoms with van der Waals surface area (Å²) < 4.78 is 0. The van der Waals surface area contributed by atoms with Crippen LogP contribution in [0.3, 0.4) is 0 Å². The Hall–Kier alpha value is -2.31. The van der Waals surface area contributed by atoms with Gasteiger partial charge in [-0.2, -0.15) is 0 Å². The van der Waals surface area contributed by atoms with E-state index in [2.05, 4.69) is 20.5 Å². The van der Waals surface area contributed by atoms with Crippen LogP contribution in [0.2, 0.25) is 0 Å². The van der Waals surface area contributed by atoms with E-state index in [1.807, 2.05) is 26.0 Å². The first-order chi connectivity index (χ1) is 10.1. The predicted molar refractivity (Wildman–Crippen MR) is 81.4 cm³/mol. The van der Waals surface area contributed by atoms with E-state index in [0.717, 1.165) is 25.3 Å². The van der Waals surface area contributed by atoms with Crippen molar-refractivity contribution in [2.24, 2.45) is 0 Å². The van der Waals surface area contributed by atoms with Gasteiger partial charge in [-0.1, -0.05) is 0 Å². The fraction of sp³-hybridized carbons (Fsp3) is 0.500. The highest BCUT2D eigenvalue weighted by Crippen LogP contribution is 2.15. The van der Waals surface area contributed by atoms with Crippen molar-refractivity contribution >= 4 is 23.9 Å². The van der Waals surface area contributed by atoms with Crippen LogP contribution < -0.4 is 15.5 Å². The Balaban J connectivity index is 1.90. The Morgan fingerprint density at radius 3 is 2.52 bits per heavy atom. The second-order valence-corrected chi connectivity index (χ2v) is 5.29. The fourth-order valence-electron chi connectivity index (χ4n) is 2.13. The molecule has 1 fully saturated rings. The second-order valence-electron chi connectivity index (χ2n) is 5.29. The minimum absolute atomic E-state index is 0.0892. The van der Waals surface area contributed by atoms with Crippen LogP contribution in [0.5, 0.6) is 0 Å². The van der Waals surface area contributed by atoms with Gasteiger partial charge in [0.25, 0.3) is 0 Å². The summed E-state index contributed by atoms with van der Waals surface area (Å²) in [4.78, 5) is 30.5. The van der Waals surface area contributed by atoms with Crippen molar-refractivity contribution < 1.29 is 9.59 Å². The molecule has 1 aliphatic heterocycles. The van der Waals surface area contributed by atoms with Gasteiger partial charge in [-0.15, -0.1) is 0 Å². The average molecular weight is 291 g/mol. The van der Waals surface area contributed by atoms with Crippen LogP contribution in [0.15, 0.2) is 18.3 Å². The number of nitrogens with one attached hydrogen (secondary N) is 2. The molecule has 1 saturated heterocycles. The number of amides is 3. The van der Waals surface area contributed by atoms with Crippen LogP contribution in [-0.2, 0) is 4.79 Å². The van der Waals surface area contributed by atoms with Crippen LogP contribution in [0.1, 0.15) is 13.8 Å². The van der Waals surface area contributed by atoms with Gasteiger partial charge >= 0.3 is 6.03 Å². The summed E-state index contributed by atoms with van der Waals surface area (Å²) in [5.41, 5.74) is 0.656. The molecule has 0 atom stereocenters. The molecule has 0 aromatic carbocycles. The van der Waals surface area contributed by atoms with Crippen LogP contribution in [0, 0.1) is 0 Å². The second kappa shape index (κ2) is 6.92. The lowest BCUT2D eigenvalue weighted by Gasteiger charge is -2.33. The molecule has 1 aromatic rings. The number of carbonyl (C=O) groups excluding carboxylic acids is 2. The number of hydrogen-bond acceptors (Lipinski definition) is 4. The van der Waals surface area contributed by atoms with E-state index in [9.17, 15) is 9.59 Å². The lowest BCUT2D eigenvalue weighted by Crippen LogP contribution is -2.46. The van der Waals surface area contributed by atoms with Gasteiger partial charge < -0.3 is 20.4 Å². The summed E-state index contributed by atoms with van der Waals surface area (Å²) in [6, 6.07) is 3.56. The largest absolute Gasteiger partial charge is 0.353 e. The van der Waals surface area contributed by atoms with E-state index in [4.69, 9.17) is 0 Å². The highest BCUT2D eigenvalue weighted by atomic mass is 16.2. The maximum Gasteiger partial charge on any atom is 0.319 e. The van der Waals surface area contributed by atoms with Crippen molar-refractivity contribution in [2.75, 3.05) is 36.4 Å². The molecule has 2 heterocycles. The zero-order valence-corrected chi connectivity index (χ0v) is 12.4. The van der Waals surface area contributed by atoms with E-state index in [1.54, 1.807) is 11.1 Å². The van der Waals surface area contributed by atoms with Crippen LogP contribution in [0.25, 0.3) is 0 Å². The summed E-state index contributed by atoms with van der Waals surface area (Å²) in [6.07, 6.45) is 2.52. The molecule has 0 unspecified atom stereocenters. The maximum absolute atomic E-state index is 11.6. The molecule has 0 spiro atoms. The molecule has 2 N–H and O–H groups in total. The van der Waals surface area contributed by atoms with Gasteiger partial charge in [0.15, 0.2) is 0 Å². The van der Waals surface area contributed by atoms with Crippen LogP contribution in [-0.4, -0.2) is 54.5 Å². The molecule has 1 aliphatic rings. The lowest BCUT2D eigenvalue weighted by molar-refractivity contribution is -0.118. The predicted octanol–water partition coefficient (Wildman–Crippen LogP) is 0.890. The van der Waals surface area contributed by atoms with Gasteiger partial charge in [-0.05, 0) is 26.0 Å². The maximum atomic E-state index is 11.6. The number of piperazine rings is 1. The first kappa shape index (κ1) is 15.1. The van der Waals surface area contributed by atoms with Crippen molar-refractivity contribution in [1.29, 1.82) is 0 Å². The zero-order valence-electron chi connectivity index (χ0n) is 12.4. The zero-order chi connectivity index (χ0) is 15.2. The molecule has 1 aromatic heterocycles. The number of pyridine rings is 1. The SMILES string of the molecule is CC(C)NC(=O)Nc1ccc(N2CCN(C=O)CC2)nc1. The average Bonchev–Trinajstić information content (AvgIpc) is 2.47. The monoisotopic (exact) mass is 291 g/mol. The number of nitrogens with zero attached hydrogens (tertiary/aromatic N) is 3. The Kier molecular flexibility index (Phi) is 4.97. The molecule has 3 amide bonds. The molecule has 7 heteroatoms. The molecule has 0 radical (unpaired) electrons. The normalized spacial score (nSPS) is 15.0. The van der Waals surface area contributed by atoms with Gasteiger partial charge in [0.1, 0.15) is 5.82 Å². The van der Waals surface area contributed by atoms with Gasteiger partial charge in [-0.3, -0.25) is 4.79 Å². The van der Waals surface area contributed by atoms with Crippen molar-refractivity contribution in [3.63, 3.8) is 0 Å². The Labute approximate surface area is 124 Å². The third kappa shape index (κ3) is 4.34. The van der Waals surface area contributed by atoms with E-state index in [-0.39, 0.29) is 12.1 Å². The van der Waals surface area contributed by atoms with Gasteiger partial charge in [0, 0.05) is 32.2 Å². The summed E-state index contributed by atoms with van der Waals surface area (Å²) >= 11 is 0. The number of aromatic nitrogens is 1. The van der Waals surface area contributed by atoms with Crippen molar-refractivity contribution in [3.05, 3.63) is 18.3 Å². The molecular weight excluding hydrogens is 270 g/mol. The molecule has 114 valence electrons. The lowest BCUT2D eigenvalue weighted by atomic mass is 10.3. The minimum Gasteiger partial charge on any atom is -0.353 e. The number of rotatable bonds is 4. The van der Waals surface area contributed by atoms with Crippen molar-refractivity contribution in [3.8, 4) is 0 Å². The van der Waals surface area contributed by atoms with E-state index in [0.29, 0.717) is 18.8 Å². The molecule has 21 heavy (non-hydrogen) atoms. The van der Waals surface area contributed by atoms with Crippen molar-refractivity contribution in [2.45, 2.75) is 19.9 Å². The number of hydrogen-bond donors (Lipinski definition) is 2. The quantitative estimate of drug-likeness (QED) is 0.808. The first-order valence-electron chi connectivity index (χ1n) is 7.06. The Morgan fingerprint density at radius 1 is 1.29 bits per heavy atom. The molecule has 0 bridgehead atoms. The van der Waals surface area contributed by atoms with E-state index >= 15 is 0 Å². The third-order valence-electron chi connectivity index (χ3n) is 3.21. The van der Waals surface area contributed by atoms with Crippen molar-refractivity contribution in [1.82, 2.24) is 15.2 Å². The number of carbonyl (C=O) groups is 2. The van der Waals surface area contributed by atoms with Crippen LogP contribution >= 0.6 is 0 Å². The first-order valence-corrected chi connectivity index (χ1v) is 7.06. The van der Waals surface area contributed by atoms with Gasteiger partial charge in [-0.25, -0.2) is 9.78 Å². The summed E-state index contributed by atoms with van der Waals surface area (Å²) in [7, 11) is 0. The molecule has 2 rings (SSSR count). The molecule has 0 saturated carbocycles. The minimum atomic E-state index is -0.237. The summed E-state index contributed by atoms with van der Waals surface area (Å²) in [6.45, 7) is 6.77. The molecular formula is C14H21N5O2. The van der Waals surface area contributed by atoms with Gasteiger partial charge in [0.05, 0.1) is 11.9 Å². The highest BCUT2D eigenvalue weighted by Gasteiger charge is 2.16. The highest BCUT2D eigenvalue weighted by molar-refractivity contribution is 5.89. The van der Waals surface area contributed by atoms with E-state index < -0.39 is 0 Å². The number of anilines is 2. The Morgan fingerprint density at radius 2 is 2.00 bits per heavy atom. The van der Waals surface area contributed by atoms with Crippen LogP contribution in [0.4, 0.5) is 16.3 Å². The fourth-order valence-corrected chi connectivity index (χ4v) is 2.13. The molecule has 0 aliphatic carbocycles. The summed E-state index contributed by atoms with van der Waals surface area (Å²) in [5.74, 6) is 0.857. The van der Waals surface area contributed by atoms with E-state index in [1.165, 1.54) is 0 Å². The smallest absolute Gasteiger partial charge is 0.319 e.